The number of carbonyl (C=O) groups is 1. The molecule has 1 heterocycles. The van der Waals surface area contributed by atoms with E-state index in [4.69, 9.17) is 10.5 Å². The largest absolute Gasteiger partial charge is 0.383 e. The molecule has 5 N–H and O–H groups in total. The molecule has 0 bridgehead atoms. The maximum absolute atomic E-state index is 11.6. The topological polar surface area (TPSA) is 131 Å². The van der Waals surface area contributed by atoms with Crippen molar-refractivity contribution in [3.63, 3.8) is 0 Å². The number of aromatic amines is 1. The summed E-state index contributed by atoms with van der Waals surface area (Å²) in [7, 11) is 2.95. The number of amides is 1. The van der Waals surface area contributed by atoms with E-state index in [1.165, 1.54) is 14.2 Å². The van der Waals surface area contributed by atoms with Gasteiger partial charge in [0.1, 0.15) is 11.5 Å². The fourth-order valence-electron chi connectivity index (χ4n) is 1.42. The van der Waals surface area contributed by atoms with Crippen LogP contribution in [0, 0.1) is 0 Å². The Kier molecular flexibility index (Phi) is 5.12. The number of carbonyl (C=O) groups excluding carboxylic acids is 1. The maximum Gasteiger partial charge on any atom is 0.330 e. The summed E-state index contributed by atoms with van der Waals surface area (Å²) >= 11 is 0. The molecule has 1 aromatic heterocycles. The van der Waals surface area contributed by atoms with Crippen LogP contribution in [0.1, 0.15) is 0 Å². The molecule has 0 aliphatic carbocycles. The van der Waals surface area contributed by atoms with Gasteiger partial charge in [0.15, 0.2) is 0 Å². The monoisotopic (exact) mass is 271 g/mol. The van der Waals surface area contributed by atoms with Gasteiger partial charge in [0.2, 0.25) is 5.91 Å². The van der Waals surface area contributed by atoms with Crippen LogP contribution in [0.4, 0.5) is 11.5 Å². The molecular weight excluding hydrogens is 254 g/mol. The molecule has 0 aromatic carbocycles. The highest BCUT2D eigenvalue weighted by molar-refractivity contribution is 5.81. The number of nitrogen functional groups attached to an aromatic ring is 1. The number of methoxy groups -OCH3 is 1. The number of likely N-dealkylation sites (N-methyl/N-ethyl adjacent to an activating group) is 1. The average Bonchev–Trinajstić information content (AvgIpc) is 2.37. The summed E-state index contributed by atoms with van der Waals surface area (Å²) < 4.78 is 6.01. The van der Waals surface area contributed by atoms with E-state index in [2.05, 4.69) is 15.6 Å². The van der Waals surface area contributed by atoms with Crippen molar-refractivity contribution in [1.29, 1.82) is 0 Å². The fourth-order valence-corrected chi connectivity index (χ4v) is 1.42. The number of nitrogens with one attached hydrogen (secondary N) is 3. The van der Waals surface area contributed by atoms with Gasteiger partial charge in [-0.3, -0.25) is 19.1 Å². The minimum absolute atomic E-state index is 0.0145. The zero-order valence-corrected chi connectivity index (χ0v) is 10.8. The van der Waals surface area contributed by atoms with Gasteiger partial charge in [-0.1, -0.05) is 0 Å². The smallest absolute Gasteiger partial charge is 0.330 e. The first kappa shape index (κ1) is 14.8. The second-order valence-electron chi connectivity index (χ2n) is 3.69. The summed E-state index contributed by atoms with van der Waals surface area (Å²) in [4.78, 5) is 36.4. The van der Waals surface area contributed by atoms with Crippen molar-refractivity contribution < 1.29 is 9.53 Å². The van der Waals surface area contributed by atoms with E-state index < -0.39 is 11.2 Å². The van der Waals surface area contributed by atoms with Crippen LogP contribution in [0.5, 0.6) is 0 Å². The maximum atomic E-state index is 11.6. The van der Waals surface area contributed by atoms with Gasteiger partial charge < -0.3 is 21.1 Å². The van der Waals surface area contributed by atoms with Crippen molar-refractivity contribution in [3.8, 4) is 0 Å². The minimum atomic E-state index is -0.667. The third-order valence-electron chi connectivity index (χ3n) is 2.46. The summed E-state index contributed by atoms with van der Waals surface area (Å²) in [6.45, 7) is 0.351. The lowest BCUT2D eigenvalue weighted by Crippen LogP contribution is -2.36. The van der Waals surface area contributed by atoms with Crippen LogP contribution in [-0.4, -0.2) is 42.8 Å². The van der Waals surface area contributed by atoms with Crippen LogP contribution in [0.3, 0.4) is 0 Å². The molecule has 1 rings (SSSR count). The predicted octanol–water partition coefficient (Wildman–Crippen LogP) is -2.08. The Morgan fingerprint density at radius 3 is 2.74 bits per heavy atom. The number of aromatic nitrogens is 2. The summed E-state index contributed by atoms with van der Waals surface area (Å²) in [6, 6.07) is 0. The molecule has 106 valence electrons. The molecule has 1 aromatic rings. The number of H-pyrrole nitrogens is 1. The summed E-state index contributed by atoms with van der Waals surface area (Å²) in [5.41, 5.74) is 4.45. The van der Waals surface area contributed by atoms with E-state index in [0.717, 1.165) is 4.57 Å². The average molecular weight is 271 g/mol. The third-order valence-corrected chi connectivity index (χ3v) is 2.46. The summed E-state index contributed by atoms with van der Waals surface area (Å²) in [6.07, 6.45) is 0. The van der Waals surface area contributed by atoms with E-state index in [9.17, 15) is 14.4 Å². The fraction of sp³-hybridized carbons (Fsp3) is 0.500. The Bertz CT molecular complexity index is 562. The standard InChI is InChI=1S/C10H17N5O4/c1-12-6(16)5-13-7-8(11)15(3-4-19-2)10(18)14-9(7)17/h13H,3-5,11H2,1-2H3,(H,12,16)(H,14,17,18). The second-order valence-corrected chi connectivity index (χ2v) is 3.69. The molecule has 9 heteroatoms. The quantitative estimate of drug-likeness (QED) is 0.470. The van der Waals surface area contributed by atoms with Gasteiger partial charge in [-0.2, -0.15) is 0 Å². The molecular formula is C10H17N5O4. The zero-order chi connectivity index (χ0) is 14.4. The van der Waals surface area contributed by atoms with Crippen molar-refractivity contribution in [1.82, 2.24) is 14.9 Å². The first-order valence-corrected chi connectivity index (χ1v) is 5.57. The molecule has 0 atom stereocenters. The first-order chi connectivity index (χ1) is 9.01. The van der Waals surface area contributed by atoms with Gasteiger partial charge in [0.05, 0.1) is 19.7 Å². The molecule has 0 aliphatic rings. The molecule has 1 amide bonds. The van der Waals surface area contributed by atoms with Gasteiger partial charge in [-0.15, -0.1) is 0 Å². The van der Waals surface area contributed by atoms with Gasteiger partial charge >= 0.3 is 5.69 Å². The third kappa shape index (κ3) is 3.58. The Hall–Kier alpha value is -2.29. The van der Waals surface area contributed by atoms with Gasteiger partial charge in [0.25, 0.3) is 5.56 Å². The molecule has 0 saturated carbocycles. The minimum Gasteiger partial charge on any atom is -0.383 e. The van der Waals surface area contributed by atoms with Gasteiger partial charge in [0, 0.05) is 14.2 Å². The lowest BCUT2D eigenvalue weighted by atomic mass is 10.4. The number of nitrogens with two attached hydrogens (primary N) is 1. The number of anilines is 2. The lowest BCUT2D eigenvalue weighted by Gasteiger charge is -2.13. The van der Waals surface area contributed by atoms with Gasteiger partial charge in [-0.05, 0) is 0 Å². The Morgan fingerprint density at radius 1 is 1.47 bits per heavy atom. The van der Waals surface area contributed by atoms with Crippen molar-refractivity contribution in [3.05, 3.63) is 20.8 Å². The number of rotatable bonds is 6. The normalized spacial score (nSPS) is 10.2. The Morgan fingerprint density at radius 2 is 2.16 bits per heavy atom. The Labute approximate surface area is 108 Å². The highest BCUT2D eigenvalue weighted by Gasteiger charge is 2.12. The predicted molar refractivity (Wildman–Crippen MR) is 70.2 cm³/mol. The number of hydrogen-bond donors (Lipinski definition) is 4. The highest BCUT2D eigenvalue weighted by Crippen LogP contribution is 2.09. The number of nitrogens with zero attached hydrogens (tertiary/aromatic N) is 1. The molecule has 0 saturated heterocycles. The SMILES string of the molecule is CNC(=O)CNc1c(N)n(CCOC)c(=O)[nH]c1=O. The zero-order valence-electron chi connectivity index (χ0n) is 10.8. The summed E-state index contributed by atoms with van der Waals surface area (Å²) in [5.74, 6) is -0.344. The van der Waals surface area contributed by atoms with Crippen molar-refractivity contribution in [2.24, 2.45) is 0 Å². The second kappa shape index (κ2) is 6.59. The van der Waals surface area contributed by atoms with Crippen LogP contribution < -0.4 is 27.6 Å². The molecule has 0 aliphatic heterocycles. The van der Waals surface area contributed by atoms with Crippen LogP contribution in [0.25, 0.3) is 0 Å². The van der Waals surface area contributed by atoms with Crippen LogP contribution >= 0.6 is 0 Å². The van der Waals surface area contributed by atoms with E-state index in [-0.39, 0.29) is 37.1 Å². The highest BCUT2D eigenvalue weighted by atomic mass is 16.5. The molecule has 0 unspecified atom stereocenters. The van der Waals surface area contributed by atoms with Crippen molar-refractivity contribution in [2.45, 2.75) is 6.54 Å². The van der Waals surface area contributed by atoms with Crippen LogP contribution in [0.2, 0.25) is 0 Å². The van der Waals surface area contributed by atoms with Crippen LogP contribution in [0.15, 0.2) is 9.59 Å². The van der Waals surface area contributed by atoms with E-state index in [0.29, 0.717) is 0 Å². The van der Waals surface area contributed by atoms with Crippen molar-refractivity contribution >= 4 is 17.4 Å². The molecule has 19 heavy (non-hydrogen) atoms. The number of hydrogen-bond acceptors (Lipinski definition) is 6. The van der Waals surface area contributed by atoms with E-state index in [1.807, 2.05) is 0 Å². The van der Waals surface area contributed by atoms with Crippen LogP contribution in [-0.2, 0) is 16.1 Å². The number of ether oxygens (including phenoxy) is 1. The molecule has 0 radical (unpaired) electrons. The molecule has 0 spiro atoms. The van der Waals surface area contributed by atoms with E-state index >= 15 is 0 Å². The van der Waals surface area contributed by atoms with Gasteiger partial charge in [-0.25, -0.2) is 4.79 Å². The molecule has 9 nitrogen and oxygen atoms in total. The lowest BCUT2D eigenvalue weighted by molar-refractivity contribution is -0.118. The summed E-state index contributed by atoms with van der Waals surface area (Å²) in [5, 5.41) is 4.99. The molecule has 0 fully saturated rings. The Balaban J connectivity index is 3.07. The van der Waals surface area contributed by atoms with E-state index in [1.54, 1.807) is 0 Å². The van der Waals surface area contributed by atoms with Crippen molar-refractivity contribution in [2.75, 3.05) is 38.4 Å². The first-order valence-electron chi connectivity index (χ1n) is 5.57.